The molecule has 0 bridgehead atoms. The Morgan fingerprint density at radius 1 is 1.02 bits per heavy atom. The third-order valence-corrected chi connectivity index (χ3v) is 8.11. The number of carboxylic acids is 1. The van der Waals surface area contributed by atoms with Gasteiger partial charge in [-0.25, -0.2) is 9.59 Å². The van der Waals surface area contributed by atoms with Crippen molar-refractivity contribution in [1.29, 1.82) is 0 Å². The summed E-state index contributed by atoms with van der Waals surface area (Å²) in [5.74, 6) is -0.935. The van der Waals surface area contributed by atoms with Gasteiger partial charge < -0.3 is 30.5 Å². The summed E-state index contributed by atoms with van der Waals surface area (Å²) in [6.45, 7) is 5.09. The maximum Gasteiger partial charge on any atom is 0.335 e. The van der Waals surface area contributed by atoms with Crippen molar-refractivity contribution < 1.29 is 29.3 Å². The zero-order valence-corrected chi connectivity index (χ0v) is 25.6. The number of benzene rings is 4. The number of nitrogens with zero attached hydrogens (tertiary/aromatic N) is 2. The number of likely N-dealkylation sites (N-methyl/N-ethyl adjacent to an activating group) is 1. The number of hydrogen-bond acceptors (Lipinski definition) is 6. The highest BCUT2D eigenvalue weighted by Crippen LogP contribution is 2.31. The molecule has 0 saturated heterocycles. The van der Waals surface area contributed by atoms with Crippen LogP contribution in [0.4, 0.5) is 16.2 Å². The van der Waals surface area contributed by atoms with E-state index in [0.29, 0.717) is 42.3 Å². The molecule has 45 heavy (non-hydrogen) atoms. The molecule has 4 N–H and O–H groups in total. The van der Waals surface area contributed by atoms with E-state index in [4.69, 9.17) is 4.74 Å². The minimum absolute atomic E-state index is 0.0720. The van der Waals surface area contributed by atoms with Gasteiger partial charge in [-0.15, -0.1) is 0 Å². The molecule has 5 rings (SSSR count). The number of amides is 3. The van der Waals surface area contributed by atoms with Crippen LogP contribution in [0.5, 0.6) is 5.75 Å². The van der Waals surface area contributed by atoms with E-state index in [1.165, 1.54) is 0 Å². The van der Waals surface area contributed by atoms with Crippen LogP contribution in [-0.2, 0) is 6.54 Å². The van der Waals surface area contributed by atoms with Gasteiger partial charge in [-0.1, -0.05) is 55.5 Å². The third kappa shape index (κ3) is 7.42. The molecule has 1 aliphatic rings. The molecule has 0 saturated carbocycles. The van der Waals surface area contributed by atoms with Gasteiger partial charge in [-0.05, 0) is 61.3 Å². The first-order valence-electron chi connectivity index (χ1n) is 14.9. The Balaban J connectivity index is 1.35. The van der Waals surface area contributed by atoms with Crippen LogP contribution in [0.25, 0.3) is 10.8 Å². The number of aliphatic hydroxyl groups is 1. The Morgan fingerprint density at radius 2 is 1.76 bits per heavy atom. The molecule has 1 heterocycles. The monoisotopic (exact) mass is 610 g/mol. The molecule has 10 heteroatoms. The lowest BCUT2D eigenvalue weighted by Gasteiger charge is -2.38. The number of aromatic carboxylic acids is 1. The van der Waals surface area contributed by atoms with Crippen LogP contribution in [0, 0.1) is 5.92 Å². The molecular weight excluding hydrogens is 572 g/mol. The molecule has 4 aromatic carbocycles. The van der Waals surface area contributed by atoms with E-state index in [9.17, 15) is 24.6 Å². The van der Waals surface area contributed by atoms with Gasteiger partial charge in [-0.2, -0.15) is 0 Å². The van der Waals surface area contributed by atoms with E-state index in [0.717, 1.165) is 16.3 Å². The van der Waals surface area contributed by atoms with Crippen molar-refractivity contribution >= 4 is 40.1 Å². The second-order valence-corrected chi connectivity index (χ2v) is 11.6. The Bertz CT molecular complexity index is 1690. The number of rotatable bonds is 9. The maximum atomic E-state index is 13.8. The lowest BCUT2D eigenvalue weighted by atomic mass is 9.99. The SMILES string of the molecule is C[C@H](CO)N1C[C@H](C)[C@@H](CN(C)Cc2ccc(C(=O)O)cc2)Oc2ccc(NC(=O)Nc3cccc4ccccc34)cc2C1=O. The van der Waals surface area contributed by atoms with Crippen molar-refractivity contribution in [1.82, 2.24) is 9.80 Å². The van der Waals surface area contributed by atoms with E-state index in [-0.39, 0.29) is 30.1 Å². The highest BCUT2D eigenvalue weighted by Gasteiger charge is 2.33. The van der Waals surface area contributed by atoms with Gasteiger partial charge in [0.2, 0.25) is 0 Å². The smallest absolute Gasteiger partial charge is 0.335 e. The molecule has 4 aromatic rings. The Labute approximate surface area is 262 Å². The Morgan fingerprint density at radius 3 is 2.49 bits per heavy atom. The Hall–Kier alpha value is -4.93. The average molecular weight is 611 g/mol. The first-order chi connectivity index (χ1) is 21.6. The molecule has 10 nitrogen and oxygen atoms in total. The first kappa shape index (κ1) is 31.5. The summed E-state index contributed by atoms with van der Waals surface area (Å²) in [5.41, 5.74) is 2.58. The fourth-order valence-electron chi connectivity index (χ4n) is 5.57. The molecule has 0 aliphatic carbocycles. The number of fused-ring (bicyclic) bond motifs is 2. The summed E-state index contributed by atoms with van der Waals surface area (Å²) < 4.78 is 6.49. The number of carboxylic acid groups (broad SMARTS) is 1. The first-order valence-corrected chi connectivity index (χ1v) is 14.9. The molecule has 234 valence electrons. The predicted octanol–water partition coefficient (Wildman–Crippen LogP) is 5.53. The zero-order chi connectivity index (χ0) is 32.1. The van der Waals surface area contributed by atoms with Crippen LogP contribution in [0.2, 0.25) is 0 Å². The highest BCUT2D eigenvalue weighted by atomic mass is 16.5. The van der Waals surface area contributed by atoms with Crippen LogP contribution in [-0.4, -0.2) is 76.8 Å². The number of aliphatic hydroxyl groups excluding tert-OH is 1. The summed E-state index contributed by atoms with van der Waals surface area (Å²) in [4.78, 5) is 41.8. The quantitative estimate of drug-likeness (QED) is 0.196. The lowest BCUT2D eigenvalue weighted by molar-refractivity contribution is 0.0341. The van der Waals surface area contributed by atoms with Crippen molar-refractivity contribution in [3.05, 3.63) is 102 Å². The van der Waals surface area contributed by atoms with Gasteiger partial charge in [0.1, 0.15) is 11.9 Å². The van der Waals surface area contributed by atoms with E-state index >= 15 is 0 Å². The largest absolute Gasteiger partial charge is 0.488 e. The molecule has 0 fully saturated rings. The number of hydrogen-bond donors (Lipinski definition) is 4. The number of ether oxygens (including phenoxy) is 1. The van der Waals surface area contributed by atoms with E-state index in [1.807, 2.05) is 56.4 Å². The van der Waals surface area contributed by atoms with Crippen molar-refractivity contribution in [2.45, 2.75) is 32.5 Å². The normalized spacial score (nSPS) is 17.2. The molecule has 0 unspecified atom stereocenters. The van der Waals surface area contributed by atoms with Gasteiger partial charge in [-0.3, -0.25) is 9.69 Å². The van der Waals surface area contributed by atoms with Gasteiger partial charge in [0.15, 0.2) is 0 Å². The summed E-state index contributed by atoms with van der Waals surface area (Å²) in [7, 11) is 1.96. The standard InChI is InChI=1S/C35H38N4O6/c1-22-18-39(23(2)21-40)33(41)29-17-27(36-35(44)37-30-10-6-8-25-7-4-5-9-28(25)30)15-16-31(29)45-32(22)20-38(3)19-24-11-13-26(14-12-24)34(42)43/h4-17,22-23,32,40H,18-21H2,1-3H3,(H,42,43)(H2,36,37,44)/t22-,23+,32+/m0/s1. The van der Waals surface area contributed by atoms with E-state index in [1.54, 1.807) is 54.3 Å². The fourth-order valence-corrected chi connectivity index (χ4v) is 5.57. The molecular formula is C35H38N4O6. The van der Waals surface area contributed by atoms with Crippen LogP contribution in [0.1, 0.15) is 40.1 Å². The van der Waals surface area contributed by atoms with Crippen molar-refractivity contribution in [3.8, 4) is 5.75 Å². The van der Waals surface area contributed by atoms with Crippen molar-refractivity contribution in [2.75, 3.05) is 37.4 Å². The van der Waals surface area contributed by atoms with E-state index in [2.05, 4.69) is 15.5 Å². The highest BCUT2D eigenvalue weighted by molar-refractivity contribution is 6.07. The third-order valence-electron chi connectivity index (χ3n) is 8.11. The second-order valence-electron chi connectivity index (χ2n) is 11.6. The van der Waals surface area contributed by atoms with Crippen LogP contribution in [0.3, 0.4) is 0 Å². The molecule has 3 atom stereocenters. The minimum atomic E-state index is -0.967. The van der Waals surface area contributed by atoms with Crippen molar-refractivity contribution in [3.63, 3.8) is 0 Å². The Kier molecular flexibility index (Phi) is 9.65. The van der Waals surface area contributed by atoms with Crippen molar-refractivity contribution in [2.24, 2.45) is 5.92 Å². The van der Waals surface area contributed by atoms with Gasteiger partial charge >= 0.3 is 12.0 Å². The van der Waals surface area contributed by atoms with Gasteiger partial charge in [0, 0.05) is 36.6 Å². The minimum Gasteiger partial charge on any atom is -0.488 e. The lowest BCUT2D eigenvalue weighted by Crippen LogP contribution is -2.49. The molecule has 3 amide bonds. The van der Waals surface area contributed by atoms with Crippen LogP contribution in [0.15, 0.2) is 84.9 Å². The van der Waals surface area contributed by atoms with Crippen LogP contribution >= 0.6 is 0 Å². The zero-order valence-electron chi connectivity index (χ0n) is 25.6. The summed E-state index contributed by atoms with van der Waals surface area (Å²) >= 11 is 0. The average Bonchev–Trinajstić information content (AvgIpc) is 3.03. The fraction of sp³-hybridized carbons (Fsp3) is 0.286. The summed E-state index contributed by atoms with van der Waals surface area (Å²) in [6.07, 6.45) is -0.304. The number of nitrogens with one attached hydrogen (secondary N) is 2. The molecule has 1 aliphatic heterocycles. The maximum absolute atomic E-state index is 13.8. The van der Waals surface area contributed by atoms with Gasteiger partial charge in [0.05, 0.1) is 29.5 Å². The molecule has 0 radical (unpaired) electrons. The second kappa shape index (κ2) is 13.8. The number of urea groups is 1. The van der Waals surface area contributed by atoms with Crippen LogP contribution < -0.4 is 15.4 Å². The number of carbonyl (C=O) groups excluding carboxylic acids is 2. The number of anilines is 2. The van der Waals surface area contributed by atoms with E-state index < -0.39 is 18.0 Å². The predicted molar refractivity (Wildman–Crippen MR) is 174 cm³/mol. The molecule has 0 aromatic heterocycles. The topological polar surface area (TPSA) is 131 Å². The molecule has 0 spiro atoms. The van der Waals surface area contributed by atoms with Gasteiger partial charge in [0.25, 0.3) is 5.91 Å². The summed E-state index contributed by atoms with van der Waals surface area (Å²) in [5, 5.41) is 26.8. The number of carbonyl (C=O) groups is 3. The summed E-state index contributed by atoms with van der Waals surface area (Å²) in [6, 6.07) is 24.3.